The van der Waals surface area contributed by atoms with Crippen molar-refractivity contribution in [3.63, 3.8) is 0 Å². The predicted molar refractivity (Wildman–Crippen MR) is 69.2 cm³/mol. The van der Waals surface area contributed by atoms with E-state index in [1.165, 1.54) is 6.07 Å². The van der Waals surface area contributed by atoms with Crippen LogP contribution < -0.4 is 5.73 Å². The lowest BCUT2D eigenvalue weighted by atomic mass is 10.2. The number of benzene rings is 1. The van der Waals surface area contributed by atoms with Gasteiger partial charge in [-0.25, -0.2) is 9.18 Å². The van der Waals surface area contributed by atoms with E-state index in [4.69, 9.17) is 15.6 Å². The second kappa shape index (κ2) is 6.61. The summed E-state index contributed by atoms with van der Waals surface area (Å²) < 4.78 is 18.5. The maximum atomic E-state index is 13.6. The highest BCUT2D eigenvalue weighted by molar-refractivity contribution is 8.00. The number of nitrogens with two attached hydrogens (primary N) is 1. The molecule has 1 atom stereocenters. The van der Waals surface area contributed by atoms with Gasteiger partial charge in [0.05, 0.1) is 18.8 Å². The number of rotatable bonds is 5. The molecule has 3 N–H and O–H groups in total. The fraction of sp³-hybridized carbons (Fsp3) is 0.417. The number of thioether (sulfide) groups is 1. The van der Waals surface area contributed by atoms with E-state index < -0.39 is 11.8 Å². The average molecular weight is 273 g/mol. The zero-order valence-electron chi connectivity index (χ0n) is 10.3. The smallest absolute Gasteiger partial charge is 0.340 e. The third-order valence-corrected chi connectivity index (χ3v) is 3.30. The molecule has 0 saturated heterocycles. The van der Waals surface area contributed by atoms with Crippen molar-refractivity contribution in [3.8, 4) is 0 Å². The highest BCUT2D eigenvalue weighted by atomic mass is 32.2. The Morgan fingerprint density at radius 3 is 2.83 bits per heavy atom. The van der Waals surface area contributed by atoms with Gasteiger partial charge in [0, 0.05) is 15.8 Å². The molecule has 1 aromatic carbocycles. The Bertz CT molecular complexity index is 440. The maximum Gasteiger partial charge on any atom is 0.340 e. The molecule has 0 aliphatic heterocycles. The van der Waals surface area contributed by atoms with Crippen LogP contribution in [0.25, 0.3) is 0 Å². The van der Waals surface area contributed by atoms with Crippen molar-refractivity contribution in [1.29, 1.82) is 0 Å². The molecule has 0 bridgehead atoms. The van der Waals surface area contributed by atoms with Crippen LogP contribution in [0.15, 0.2) is 17.0 Å². The Morgan fingerprint density at radius 2 is 2.28 bits per heavy atom. The number of carbonyl (C=O) groups is 1. The number of hydrogen-bond acceptors (Lipinski definition) is 5. The largest absolute Gasteiger partial charge is 0.462 e. The molecule has 0 aromatic heterocycles. The van der Waals surface area contributed by atoms with Crippen LogP contribution in [-0.2, 0) is 4.74 Å². The third-order valence-electron chi connectivity index (χ3n) is 2.18. The highest BCUT2D eigenvalue weighted by Crippen LogP contribution is 2.29. The predicted octanol–water partition coefficient (Wildman–Crippen LogP) is 2.06. The van der Waals surface area contributed by atoms with E-state index in [-0.39, 0.29) is 34.6 Å². The SMILES string of the molecule is CCOC(=O)c1cc(SC(C)CO)c(F)cc1N. The van der Waals surface area contributed by atoms with Gasteiger partial charge in [-0.3, -0.25) is 0 Å². The van der Waals surface area contributed by atoms with E-state index in [0.29, 0.717) is 0 Å². The molecular weight excluding hydrogens is 257 g/mol. The molecule has 1 aromatic rings. The molecule has 4 nitrogen and oxygen atoms in total. The number of aliphatic hydroxyl groups excluding tert-OH is 1. The molecular formula is C12H16FNO3S. The van der Waals surface area contributed by atoms with Crippen LogP contribution in [0, 0.1) is 5.82 Å². The molecule has 18 heavy (non-hydrogen) atoms. The molecule has 0 spiro atoms. The second-order valence-corrected chi connectivity index (χ2v) is 5.18. The van der Waals surface area contributed by atoms with Crippen molar-refractivity contribution >= 4 is 23.4 Å². The van der Waals surface area contributed by atoms with E-state index in [0.717, 1.165) is 17.8 Å². The van der Waals surface area contributed by atoms with Crippen molar-refractivity contribution in [1.82, 2.24) is 0 Å². The summed E-state index contributed by atoms with van der Waals surface area (Å²) in [7, 11) is 0. The Morgan fingerprint density at radius 1 is 1.61 bits per heavy atom. The van der Waals surface area contributed by atoms with Crippen LogP contribution in [0.3, 0.4) is 0 Å². The number of carbonyl (C=O) groups excluding carboxylic acids is 1. The van der Waals surface area contributed by atoms with E-state index in [1.54, 1.807) is 13.8 Å². The quantitative estimate of drug-likeness (QED) is 0.488. The first kappa shape index (κ1) is 14.8. The number of halogens is 1. The molecule has 0 aliphatic carbocycles. The molecule has 0 saturated carbocycles. The third kappa shape index (κ3) is 3.61. The molecule has 1 unspecified atom stereocenters. The maximum absolute atomic E-state index is 13.6. The van der Waals surface area contributed by atoms with Gasteiger partial charge in [-0.2, -0.15) is 0 Å². The van der Waals surface area contributed by atoms with Gasteiger partial charge < -0.3 is 15.6 Å². The Hall–Kier alpha value is -1.27. The van der Waals surface area contributed by atoms with E-state index in [1.807, 2.05) is 0 Å². The van der Waals surface area contributed by atoms with E-state index in [9.17, 15) is 9.18 Å². The normalized spacial score (nSPS) is 12.2. The van der Waals surface area contributed by atoms with Crippen molar-refractivity contribution in [3.05, 3.63) is 23.5 Å². The number of nitrogen functional groups attached to an aromatic ring is 1. The van der Waals surface area contributed by atoms with Crippen LogP contribution in [0.5, 0.6) is 0 Å². The Labute approximate surface area is 109 Å². The molecule has 6 heteroatoms. The molecule has 0 fully saturated rings. The lowest BCUT2D eigenvalue weighted by Crippen LogP contribution is -2.10. The van der Waals surface area contributed by atoms with Crippen LogP contribution in [0.4, 0.5) is 10.1 Å². The summed E-state index contributed by atoms with van der Waals surface area (Å²) >= 11 is 1.14. The monoisotopic (exact) mass is 273 g/mol. The molecule has 1 rings (SSSR count). The van der Waals surface area contributed by atoms with Crippen molar-refractivity contribution in [2.75, 3.05) is 18.9 Å². The Balaban J connectivity index is 3.05. The summed E-state index contributed by atoms with van der Waals surface area (Å²) in [5.41, 5.74) is 5.78. The summed E-state index contributed by atoms with van der Waals surface area (Å²) in [5, 5.41) is 8.78. The summed E-state index contributed by atoms with van der Waals surface area (Å²) in [6.45, 7) is 3.58. The summed E-state index contributed by atoms with van der Waals surface area (Å²) in [4.78, 5) is 11.9. The van der Waals surface area contributed by atoms with Gasteiger partial charge in [-0.05, 0) is 19.1 Å². The summed E-state index contributed by atoms with van der Waals surface area (Å²) in [6, 6.07) is 2.46. The summed E-state index contributed by atoms with van der Waals surface area (Å²) in [6.07, 6.45) is 0. The lowest BCUT2D eigenvalue weighted by Gasteiger charge is -2.11. The number of ether oxygens (including phenoxy) is 1. The van der Waals surface area contributed by atoms with Crippen molar-refractivity contribution < 1.29 is 19.0 Å². The van der Waals surface area contributed by atoms with Gasteiger partial charge in [-0.1, -0.05) is 6.92 Å². The number of esters is 1. The van der Waals surface area contributed by atoms with Crippen molar-refractivity contribution in [2.24, 2.45) is 0 Å². The first-order valence-electron chi connectivity index (χ1n) is 5.53. The van der Waals surface area contributed by atoms with Gasteiger partial charge in [-0.15, -0.1) is 11.8 Å². The number of hydrogen-bond donors (Lipinski definition) is 2. The van der Waals surface area contributed by atoms with Crippen LogP contribution in [-0.4, -0.2) is 29.5 Å². The van der Waals surface area contributed by atoms with Crippen LogP contribution in [0.2, 0.25) is 0 Å². The van der Waals surface area contributed by atoms with Gasteiger partial charge in [0.2, 0.25) is 0 Å². The van der Waals surface area contributed by atoms with E-state index >= 15 is 0 Å². The first-order valence-corrected chi connectivity index (χ1v) is 6.41. The molecule has 100 valence electrons. The zero-order chi connectivity index (χ0) is 13.7. The molecule has 0 heterocycles. The minimum atomic E-state index is -0.575. The fourth-order valence-electron chi connectivity index (χ4n) is 1.30. The number of anilines is 1. The lowest BCUT2D eigenvalue weighted by molar-refractivity contribution is 0.0527. The number of aliphatic hydroxyl groups is 1. The summed E-state index contributed by atoms with van der Waals surface area (Å²) in [5.74, 6) is -1.08. The molecule has 0 amide bonds. The van der Waals surface area contributed by atoms with Crippen molar-refractivity contribution in [2.45, 2.75) is 24.0 Å². The minimum absolute atomic E-state index is 0.0481. The standard InChI is InChI=1S/C12H16FNO3S/c1-3-17-12(16)8-4-11(18-7(2)6-15)9(13)5-10(8)14/h4-5,7,15H,3,6,14H2,1-2H3. The van der Waals surface area contributed by atoms with Crippen LogP contribution >= 0.6 is 11.8 Å². The second-order valence-electron chi connectivity index (χ2n) is 3.70. The van der Waals surface area contributed by atoms with Gasteiger partial charge in [0.1, 0.15) is 5.82 Å². The fourth-order valence-corrected chi connectivity index (χ4v) is 2.16. The van der Waals surface area contributed by atoms with Gasteiger partial charge in [0.25, 0.3) is 0 Å². The average Bonchev–Trinajstić information content (AvgIpc) is 2.32. The highest BCUT2D eigenvalue weighted by Gasteiger charge is 2.16. The van der Waals surface area contributed by atoms with E-state index in [2.05, 4.69) is 0 Å². The first-order chi connectivity index (χ1) is 8.49. The minimum Gasteiger partial charge on any atom is -0.462 e. The van der Waals surface area contributed by atoms with Gasteiger partial charge in [0.15, 0.2) is 0 Å². The van der Waals surface area contributed by atoms with Gasteiger partial charge >= 0.3 is 5.97 Å². The molecule has 0 aliphatic rings. The molecule has 0 radical (unpaired) electrons. The topological polar surface area (TPSA) is 72.5 Å². The Kier molecular flexibility index (Phi) is 5.43. The zero-order valence-corrected chi connectivity index (χ0v) is 11.1. The van der Waals surface area contributed by atoms with Crippen LogP contribution in [0.1, 0.15) is 24.2 Å².